The number of carbonyl (C=O) groups excluding carboxylic acids is 1. The zero-order valence-electron chi connectivity index (χ0n) is 15.7. The first-order chi connectivity index (χ1) is 13.1. The molecule has 2 N–H and O–H groups in total. The van der Waals surface area contributed by atoms with Crippen molar-refractivity contribution in [1.82, 2.24) is 14.5 Å². The second-order valence-corrected chi connectivity index (χ2v) is 6.96. The zero-order chi connectivity index (χ0) is 19.0. The monoisotopic (exact) mass is 364 g/mol. The summed E-state index contributed by atoms with van der Waals surface area (Å²) in [5.41, 5.74) is 5.58. The summed E-state index contributed by atoms with van der Waals surface area (Å²) in [6.45, 7) is 5.03. The van der Waals surface area contributed by atoms with Gasteiger partial charge in [0.2, 0.25) is 0 Å². The molecule has 0 saturated carbocycles. The van der Waals surface area contributed by atoms with Crippen molar-refractivity contribution in [3.8, 4) is 0 Å². The molecular formula is C21H24N4O2. The molecule has 4 rings (SSSR count). The number of aromatic nitrogens is 2. The number of hydrogen-bond donors (Lipinski definition) is 2. The lowest BCUT2D eigenvalue weighted by atomic mass is 9.97. The molecule has 0 spiro atoms. The number of aliphatic hydroxyl groups excluding tert-OH is 1. The van der Waals surface area contributed by atoms with Gasteiger partial charge in [0.25, 0.3) is 5.91 Å². The van der Waals surface area contributed by atoms with Crippen LogP contribution in [0.15, 0.2) is 36.4 Å². The molecule has 1 aliphatic rings. The normalized spacial score (nSPS) is 14.3. The number of amides is 1. The highest BCUT2D eigenvalue weighted by Crippen LogP contribution is 2.27. The molecule has 0 bridgehead atoms. The molecule has 0 radical (unpaired) electrons. The van der Waals surface area contributed by atoms with Gasteiger partial charge in [-0.05, 0) is 48.4 Å². The standard InChI is InChI=1S/C21H24N4O2/c1-3-25-10-9-16-15(12-25)5-4-6-17(16)23-21(27)14-7-8-19-18(11-14)22-20(13-26)24(19)2/h4-8,11,26H,3,9-10,12-13H2,1-2H3,(H,23,27). The summed E-state index contributed by atoms with van der Waals surface area (Å²) in [7, 11) is 1.86. The van der Waals surface area contributed by atoms with E-state index >= 15 is 0 Å². The van der Waals surface area contributed by atoms with Crippen LogP contribution < -0.4 is 5.32 Å². The number of likely N-dealkylation sites (N-methyl/N-ethyl adjacent to an activating group) is 1. The van der Waals surface area contributed by atoms with Crippen LogP contribution in [0.1, 0.15) is 34.2 Å². The van der Waals surface area contributed by atoms with Crippen LogP contribution in [0, 0.1) is 0 Å². The first kappa shape index (κ1) is 17.7. The third kappa shape index (κ3) is 3.22. The van der Waals surface area contributed by atoms with Gasteiger partial charge >= 0.3 is 0 Å². The van der Waals surface area contributed by atoms with E-state index in [-0.39, 0.29) is 12.5 Å². The van der Waals surface area contributed by atoms with Crippen LogP contribution in [-0.4, -0.2) is 38.6 Å². The highest BCUT2D eigenvalue weighted by molar-refractivity contribution is 6.06. The number of nitrogens with one attached hydrogen (secondary N) is 1. The molecule has 6 heteroatoms. The molecule has 0 unspecified atom stereocenters. The average molecular weight is 364 g/mol. The quantitative estimate of drug-likeness (QED) is 0.747. The van der Waals surface area contributed by atoms with Gasteiger partial charge in [0.1, 0.15) is 12.4 Å². The maximum atomic E-state index is 12.8. The summed E-state index contributed by atoms with van der Waals surface area (Å²) < 4.78 is 1.84. The molecule has 1 amide bonds. The van der Waals surface area contributed by atoms with E-state index in [1.54, 1.807) is 12.1 Å². The minimum Gasteiger partial charge on any atom is -0.388 e. The average Bonchev–Trinajstić information content (AvgIpc) is 3.02. The Labute approximate surface area is 158 Å². The van der Waals surface area contributed by atoms with Crippen molar-refractivity contribution in [3.63, 3.8) is 0 Å². The number of imidazole rings is 1. The summed E-state index contributed by atoms with van der Waals surface area (Å²) in [5, 5.41) is 12.5. The Bertz CT molecular complexity index is 1010. The van der Waals surface area contributed by atoms with E-state index in [1.807, 2.05) is 29.8 Å². The molecule has 6 nitrogen and oxygen atoms in total. The number of nitrogens with zero attached hydrogens (tertiary/aromatic N) is 3. The molecule has 0 atom stereocenters. The fraction of sp³-hybridized carbons (Fsp3) is 0.333. The van der Waals surface area contributed by atoms with E-state index in [9.17, 15) is 9.90 Å². The van der Waals surface area contributed by atoms with Crippen LogP contribution in [0.4, 0.5) is 5.69 Å². The smallest absolute Gasteiger partial charge is 0.255 e. The lowest BCUT2D eigenvalue weighted by molar-refractivity contribution is 0.102. The Hall–Kier alpha value is -2.70. The summed E-state index contributed by atoms with van der Waals surface area (Å²) in [5.74, 6) is 0.444. The molecule has 0 aliphatic carbocycles. The number of carbonyl (C=O) groups is 1. The maximum Gasteiger partial charge on any atom is 0.255 e. The number of aliphatic hydroxyl groups is 1. The maximum absolute atomic E-state index is 12.8. The number of benzene rings is 2. The summed E-state index contributed by atoms with van der Waals surface area (Å²) in [6, 6.07) is 11.6. The van der Waals surface area contributed by atoms with Crippen LogP contribution in [0.2, 0.25) is 0 Å². The van der Waals surface area contributed by atoms with Crippen molar-refractivity contribution in [1.29, 1.82) is 0 Å². The van der Waals surface area contributed by atoms with Crippen molar-refractivity contribution >= 4 is 22.6 Å². The van der Waals surface area contributed by atoms with Crippen molar-refractivity contribution in [2.24, 2.45) is 7.05 Å². The summed E-state index contributed by atoms with van der Waals surface area (Å²) in [4.78, 5) is 19.6. The number of fused-ring (bicyclic) bond motifs is 2. The largest absolute Gasteiger partial charge is 0.388 e. The molecule has 2 aromatic carbocycles. The first-order valence-corrected chi connectivity index (χ1v) is 9.31. The highest BCUT2D eigenvalue weighted by Gasteiger charge is 2.19. The second-order valence-electron chi connectivity index (χ2n) is 6.96. The number of rotatable bonds is 4. The van der Waals surface area contributed by atoms with Gasteiger partial charge in [-0.25, -0.2) is 4.98 Å². The first-order valence-electron chi connectivity index (χ1n) is 9.31. The molecule has 27 heavy (non-hydrogen) atoms. The number of anilines is 1. The van der Waals surface area contributed by atoms with Gasteiger partial charge in [-0.1, -0.05) is 19.1 Å². The Kier molecular flexibility index (Phi) is 4.68. The van der Waals surface area contributed by atoms with E-state index in [0.29, 0.717) is 16.9 Å². The molecule has 2 heterocycles. The van der Waals surface area contributed by atoms with Crippen molar-refractivity contribution in [2.75, 3.05) is 18.4 Å². The third-order valence-corrected chi connectivity index (χ3v) is 5.42. The van der Waals surface area contributed by atoms with Crippen LogP contribution in [0.5, 0.6) is 0 Å². The number of aryl methyl sites for hydroxylation is 1. The van der Waals surface area contributed by atoms with Crippen molar-refractivity contribution in [2.45, 2.75) is 26.5 Å². The molecular weight excluding hydrogens is 340 g/mol. The molecule has 1 aromatic heterocycles. The van der Waals surface area contributed by atoms with Gasteiger partial charge in [-0.3, -0.25) is 9.69 Å². The van der Waals surface area contributed by atoms with E-state index in [0.717, 1.165) is 37.3 Å². The van der Waals surface area contributed by atoms with Gasteiger partial charge in [0.05, 0.1) is 11.0 Å². The van der Waals surface area contributed by atoms with Gasteiger partial charge < -0.3 is 15.0 Å². The minimum atomic E-state index is -0.139. The van der Waals surface area contributed by atoms with Crippen LogP contribution in [-0.2, 0) is 26.6 Å². The fourth-order valence-electron chi connectivity index (χ4n) is 3.78. The zero-order valence-corrected chi connectivity index (χ0v) is 15.7. The van der Waals surface area contributed by atoms with E-state index in [4.69, 9.17) is 0 Å². The third-order valence-electron chi connectivity index (χ3n) is 5.42. The van der Waals surface area contributed by atoms with E-state index in [2.05, 4.69) is 28.2 Å². The van der Waals surface area contributed by atoms with Gasteiger partial charge in [-0.2, -0.15) is 0 Å². The Morgan fingerprint density at radius 1 is 1.30 bits per heavy atom. The summed E-state index contributed by atoms with van der Waals surface area (Å²) >= 11 is 0. The molecule has 140 valence electrons. The molecule has 3 aromatic rings. The minimum absolute atomic E-state index is 0.127. The Morgan fingerprint density at radius 3 is 2.93 bits per heavy atom. The van der Waals surface area contributed by atoms with Crippen molar-refractivity contribution < 1.29 is 9.90 Å². The Morgan fingerprint density at radius 2 is 2.15 bits per heavy atom. The highest BCUT2D eigenvalue weighted by atomic mass is 16.3. The van der Waals surface area contributed by atoms with E-state index < -0.39 is 0 Å². The van der Waals surface area contributed by atoms with Gasteiger partial charge in [-0.15, -0.1) is 0 Å². The lowest BCUT2D eigenvalue weighted by Crippen LogP contribution is -2.31. The number of hydrogen-bond acceptors (Lipinski definition) is 4. The second kappa shape index (κ2) is 7.13. The lowest BCUT2D eigenvalue weighted by Gasteiger charge is -2.29. The predicted octanol–water partition coefficient (Wildman–Crippen LogP) is 2.70. The molecule has 1 aliphatic heterocycles. The van der Waals surface area contributed by atoms with E-state index in [1.165, 1.54) is 11.1 Å². The van der Waals surface area contributed by atoms with Gasteiger partial charge in [0, 0.05) is 31.4 Å². The van der Waals surface area contributed by atoms with Crippen LogP contribution in [0.25, 0.3) is 11.0 Å². The van der Waals surface area contributed by atoms with Crippen LogP contribution >= 0.6 is 0 Å². The molecule has 0 fully saturated rings. The van der Waals surface area contributed by atoms with Crippen molar-refractivity contribution in [3.05, 3.63) is 58.9 Å². The topological polar surface area (TPSA) is 70.4 Å². The molecule has 0 saturated heterocycles. The fourth-order valence-corrected chi connectivity index (χ4v) is 3.78. The summed E-state index contributed by atoms with van der Waals surface area (Å²) in [6.07, 6.45) is 0.943. The Balaban J connectivity index is 1.61. The predicted molar refractivity (Wildman–Crippen MR) is 106 cm³/mol. The van der Waals surface area contributed by atoms with Gasteiger partial charge in [0.15, 0.2) is 0 Å². The van der Waals surface area contributed by atoms with Crippen LogP contribution in [0.3, 0.4) is 0 Å². The SMILES string of the molecule is CCN1CCc2c(cccc2NC(=O)c2ccc3c(c2)nc(CO)n3C)C1.